The van der Waals surface area contributed by atoms with Crippen LogP contribution < -0.4 is 5.73 Å². The summed E-state index contributed by atoms with van der Waals surface area (Å²) in [5, 5.41) is 2.07. The third-order valence-electron chi connectivity index (χ3n) is 2.44. The quantitative estimate of drug-likeness (QED) is 0.734. The first kappa shape index (κ1) is 14.2. The van der Waals surface area contributed by atoms with E-state index in [9.17, 15) is 0 Å². The molecule has 1 atom stereocenters. The molecule has 0 aliphatic carbocycles. The van der Waals surface area contributed by atoms with Crippen LogP contribution in [0.4, 0.5) is 0 Å². The first-order chi connectivity index (χ1) is 7.77. The third-order valence-corrected chi connectivity index (χ3v) is 4.22. The van der Waals surface area contributed by atoms with Crippen molar-refractivity contribution in [3.8, 4) is 0 Å². The first-order valence-electron chi connectivity index (χ1n) is 5.83. The highest BCUT2D eigenvalue weighted by Crippen LogP contribution is 2.27. The molecule has 1 unspecified atom stereocenters. The van der Waals surface area contributed by atoms with Crippen molar-refractivity contribution in [2.75, 3.05) is 13.2 Å². The van der Waals surface area contributed by atoms with Gasteiger partial charge in [0.25, 0.3) is 0 Å². The predicted molar refractivity (Wildman–Crippen MR) is 73.9 cm³/mol. The minimum absolute atomic E-state index is 0.0675. The zero-order valence-corrected chi connectivity index (χ0v) is 12.1. The molecule has 0 amide bonds. The average molecular weight is 306 g/mol. The second kappa shape index (κ2) is 8.23. The number of hydrogen-bond acceptors (Lipinski definition) is 3. The Bertz CT molecular complexity index is 290. The van der Waals surface area contributed by atoms with E-state index in [0.717, 1.165) is 17.5 Å². The van der Waals surface area contributed by atoms with Crippen molar-refractivity contribution in [2.45, 2.75) is 38.7 Å². The maximum Gasteiger partial charge on any atom is 0.104 e. The van der Waals surface area contributed by atoms with Gasteiger partial charge < -0.3 is 10.5 Å². The van der Waals surface area contributed by atoms with E-state index < -0.39 is 0 Å². The Morgan fingerprint density at radius 2 is 2.25 bits per heavy atom. The standard InChI is InChI=1S/C12H20BrNOS/c1-2-3-4-5-6-15-11(8-14)12-7-10(13)9-16-12/h7,9,11H,2-6,8,14H2,1H3. The number of nitrogens with two attached hydrogens (primary N) is 1. The summed E-state index contributed by atoms with van der Waals surface area (Å²) in [7, 11) is 0. The fourth-order valence-corrected chi connectivity index (χ4v) is 3.02. The van der Waals surface area contributed by atoms with Gasteiger partial charge in [0.2, 0.25) is 0 Å². The van der Waals surface area contributed by atoms with E-state index in [1.54, 1.807) is 11.3 Å². The van der Waals surface area contributed by atoms with Gasteiger partial charge in [-0.1, -0.05) is 26.2 Å². The largest absolute Gasteiger partial charge is 0.371 e. The number of thiophene rings is 1. The summed E-state index contributed by atoms with van der Waals surface area (Å²) in [6, 6.07) is 2.09. The fourth-order valence-electron chi connectivity index (χ4n) is 1.52. The molecule has 2 N–H and O–H groups in total. The van der Waals surface area contributed by atoms with Crippen LogP contribution in [0.5, 0.6) is 0 Å². The molecule has 0 aliphatic rings. The number of ether oxygens (including phenoxy) is 1. The summed E-state index contributed by atoms with van der Waals surface area (Å²) in [5.74, 6) is 0. The highest BCUT2D eigenvalue weighted by molar-refractivity contribution is 9.10. The Hall–Kier alpha value is 0.1000. The molecule has 4 heteroatoms. The molecule has 1 heterocycles. The molecule has 92 valence electrons. The molecular formula is C12H20BrNOS. The molecule has 0 bridgehead atoms. The summed E-state index contributed by atoms with van der Waals surface area (Å²) in [5.41, 5.74) is 5.72. The lowest BCUT2D eigenvalue weighted by Gasteiger charge is -2.14. The Labute approximate surface area is 110 Å². The van der Waals surface area contributed by atoms with E-state index in [1.807, 2.05) is 0 Å². The van der Waals surface area contributed by atoms with E-state index in [0.29, 0.717) is 6.54 Å². The van der Waals surface area contributed by atoms with Crippen LogP contribution in [0.2, 0.25) is 0 Å². The summed E-state index contributed by atoms with van der Waals surface area (Å²) in [6.45, 7) is 3.59. The van der Waals surface area contributed by atoms with Gasteiger partial charge in [-0.25, -0.2) is 0 Å². The highest BCUT2D eigenvalue weighted by Gasteiger charge is 2.11. The lowest BCUT2D eigenvalue weighted by Crippen LogP contribution is -2.15. The van der Waals surface area contributed by atoms with Crippen molar-refractivity contribution in [3.63, 3.8) is 0 Å². The van der Waals surface area contributed by atoms with Gasteiger partial charge in [0.05, 0.1) is 0 Å². The molecule has 1 aromatic rings. The Balaban J connectivity index is 2.27. The SMILES string of the molecule is CCCCCCOC(CN)c1cc(Br)cs1. The van der Waals surface area contributed by atoms with Gasteiger partial charge in [0.1, 0.15) is 6.10 Å². The van der Waals surface area contributed by atoms with E-state index in [-0.39, 0.29) is 6.10 Å². The van der Waals surface area contributed by atoms with Crippen molar-refractivity contribution >= 4 is 27.3 Å². The Kier molecular flexibility index (Phi) is 7.28. The van der Waals surface area contributed by atoms with Gasteiger partial charge in [-0.15, -0.1) is 11.3 Å². The maximum absolute atomic E-state index is 5.80. The smallest absolute Gasteiger partial charge is 0.104 e. The molecule has 1 rings (SSSR count). The minimum Gasteiger partial charge on any atom is -0.371 e. The Morgan fingerprint density at radius 1 is 1.44 bits per heavy atom. The monoisotopic (exact) mass is 305 g/mol. The van der Waals surface area contributed by atoms with Gasteiger partial charge in [0.15, 0.2) is 0 Å². The maximum atomic E-state index is 5.80. The molecule has 2 nitrogen and oxygen atoms in total. The van der Waals surface area contributed by atoms with Crippen LogP contribution in [-0.2, 0) is 4.74 Å². The van der Waals surface area contributed by atoms with Gasteiger partial charge >= 0.3 is 0 Å². The molecule has 0 fully saturated rings. The summed E-state index contributed by atoms with van der Waals surface area (Å²) in [6.07, 6.45) is 5.01. The number of halogens is 1. The molecule has 0 aromatic carbocycles. The van der Waals surface area contributed by atoms with E-state index in [4.69, 9.17) is 10.5 Å². The number of rotatable bonds is 8. The molecule has 0 spiro atoms. The second-order valence-electron chi connectivity index (χ2n) is 3.82. The first-order valence-corrected chi connectivity index (χ1v) is 7.50. The van der Waals surface area contributed by atoms with Crippen LogP contribution in [0.25, 0.3) is 0 Å². The molecule has 0 aliphatic heterocycles. The zero-order chi connectivity index (χ0) is 11.8. The average Bonchev–Trinajstić information content (AvgIpc) is 2.70. The van der Waals surface area contributed by atoms with Crippen LogP contribution in [0.15, 0.2) is 15.9 Å². The molecule has 0 radical (unpaired) electrons. The molecule has 0 saturated heterocycles. The summed E-state index contributed by atoms with van der Waals surface area (Å²) >= 11 is 5.14. The van der Waals surface area contributed by atoms with Gasteiger partial charge in [-0.3, -0.25) is 0 Å². The highest BCUT2D eigenvalue weighted by atomic mass is 79.9. The number of hydrogen-bond donors (Lipinski definition) is 1. The molecule has 0 saturated carbocycles. The van der Waals surface area contributed by atoms with Crippen molar-refractivity contribution in [3.05, 3.63) is 20.8 Å². The number of unbranched alkanes of at least 4 members (excludes halogenated alkanes) is 3. The Morgan fingerprint density at radius 3 is 2.81 bits per heavy atom. The van der Waals surface area contributed by atoms with Crippen LogP contribution >= 0.6 is 27.3 Å². The van der Waals surface area contributed by atoms with Crippen molar-refractivity contribution in [1.82, 2.24) is 0 Å². The lowest BCUT2D eigenvalue weighted by molar-refractivity contribution is 0.0581. The van der Waals surface area contributed by atoms with Crippen molar-refractivity contribution in [2.24, 2.45) is 5.73 Å². The third kappa shape index (κ3) is 4.95. The van der Waals surface area contributed by atoms with Crippen molar-refractivity contribution < 1.29 is 4.74 Å². The van der Waals surface area contributed by atoms with Gasteiger partial charge in [-0.2, -0.15) is 0 Å². The fraction of sp³-hybridized carbons (Fsp3) is 0.667. The van der Waals surface area contributed by atoms with Crippen LogP contribution in [-0.4, -0.2) is 13.2 Å². The normalized spacial score (nSPS) is 12.9. The topological polar surface area (TPSA) is 35.2 Å². The molecule has 16 heavy (non-hydrogen) atoms. The lowest BCUT2D eigenvalue weighted by atomic mass is 10.2. The van der Waals surface area contributed by atoms with Crippen molar-refractivity contribution in [1.29, 1.82) is 0 Å². The molecular weight excluding hydrogens is 286 g/mol. The summed E-state index contributed by atoms with van der Waals surface area (Å²) < 4.78 is 6.91. The molecule has 1 aromatic heterocycles. The zero-order valence-electron chi connectivity index (χ0n) is 9.75. The second-order valence-corrected chi connectivity index (χ2v) is 5.68. The summed E-state index contributed by atoms with van der Waals surface area (Å²) in [4.78, 5) is 1.21. The van der Waals surface area contributed by atoms with Crippen LogP contribution in [0.1, 0.15) is 43.6 Å². The van der Waals surface area contributed by atoms with Crippen LogP contribution in [0, 0.1) is 0 Å². The minimum atomic E-state index is 0.0675. The van der Waals surface area contributed by atoms with Gasteiger partial charge in [0, 0.05) is 27.9 Å². The van der Waals surface area contributed by atoms with Gasteiger partial charge in [-0.05, 0) is 28.4 Å². The predicted octanol–water partition coefficient (Wildman–Crippen LogP) is 4.11. The van der Waals surface area contributed by atoms with E-state index in [1.165, 1.54) is 24.1 Å². The van der Waals surface area contributed by atoms with E-state index >= 15 is 0 Å². The van der Waals surface area contributed by atoms with Crippen LogP contribution in [0.3, 0.4) is 0 Å². The van der Waals surface area contributed by atoms with E-state index in [2.05, 4.69) is 34.3 Å².